The van der Waals surface area contributed by atoms with Gasteiger partial charge in [-0.1, -0.05) is 18.3 Å². The van der Waals surface area contributed by atoms with E-state index in [9.17, 15) is 0 Å². The van der Waals surface area contributed by atoms with Crippen molar-refractivity contribution in [2.45, 2.75) is 39.3 Å². The SMILES string of the molecule is CCC(CC)N(C)Cc1nnsc1NC. The molecule has 4 nitrogen and oxygen atoms in total. The lowest BCUT2D eigenvalue weighted by Gasteiger charge is -2.25. The summed E-state index contributed by atoms with van der Waals surface area (Å²) in [6.07, 6.45) is 2.36. The Morgan fingerprint density at radius 2 is 2.07 bits per heavy atom. The second-order valence-electron chi connectivity index (χ2n) is 3.68. The summed E-state index contributed by atoms with van der Waals surface area (Å²) >= 11 is 1.42. The quantitative estimate of drug-likeness (QED) is 0.810. The van der Waals surface area contributed by atoms with Crippen LogP contribution in [-0.2, 0) is 6.54 Å². The number of hydrogen-bond donors (Lipinski definition) is 1. The van der Waals surface area contributed by atoms with E-state index in [2.05, 4.69) is 40.7 Å². The minimum absolute atomic E-state index is 0.636. The number of aromatic nitrogens is 2. The van der Waals surface area contributed by atoms with Crippen molar-refractivity contribution >= 4 is 16.5 Å². The third-order valence-electron chi connectivity index (χ3n) is 2.75. The van der Waals surface area contributed by atoms with Crippen LogP contribution in [0.2, 0.25) is 0 Å². The van der Waals surface area contributed by atoms with E-state index >= 15 is 0 Å². The molecule has 0 aliphatic carbocycles. The van der Waals surface area contributed by atoms with Gasteiger partial charge in [-0.3, -0.25) is 4.90 Å². The van der Waals surface area contributed by atoms with Crippen LogP contribution in [0, 0.1) is 0 Å². The predicted octanol–water partition coefficient (Wildman–Crippen LogP) is 2.20. The molecule has 1 rings (SSSR count). The van der Waals surface area contributed by atoms with Gasteiger partial charge in [0.2, 0.25) is 0 Å². The van der Waals surface area contributed by atoms with Crippen LogP contribution in [0.5, 0.6) is 0 Å². The van der Waals surface area contributed by atoms with E-state index in [0.29, 0.717) is 6.04 Å². The van der Waals surface area contributed by atoms with Crippen molar-refractivity contribution in [3.63, 3.8) is 0 Å². The molecule has 0 aliphatic heterocycles. The molecule has 0 bridgehead atoms. The lowest BCUT2D eigenvalue weighted by molar-refractivity contribution is 0.219. The van der Waals surface area contributed by atoms with Gasteiger partial charge in [0.05, 0.1) is 0 Å². The van der Waals surface area contributed by atoms with Gasteiger partial charge in [0.25, 0.3) is 0 Å². The van der Waals surface area contributed by atoms with E-state index in [0.717, 1.165) is 17.2 Å². The Balaban J connectivity index is 2.60. The van der Waals surface area contributed by atoms with Crippen molar-refractivity contribution in [3.8, 4) is 0 Å². The highest BCUT2D eigenvalue weighted by atomic mass is 32.1. The van der Waals surface area contributed by atoms with E-state index < -0.39 is 0 Å². The maximum absolute atomic E-state index is 4.14. The zero-order chi connectivity index (χ0) is 11.3. The summed E-state index contributed by atoms with van der Waals surface area (Å²) in [5.41, 5.74) is 1.05. The summed E-state index contributed by atoms with van der Waals surface area (Å²) in [7, 11) is 4.06. The molecular formula is C10H20N4S. The van der Waals surface area contributed by atoms with Crippen LogP contribution >= 0.6 is 11.5 Å². The molecule has 15 heavy (non-hydrogen) atoms. The molecule has 1 aromatic rings. The average Bonchev–Trinajstić information content (AvgIpc) is 2.67. The van der Waals surface area contributed by atoms with Crippen LogP contribution < -0.4 is 5.32 Å². The van der Waals surface area contributed by atoms with Crippen LogP contribution in [0.15, 0.2) is 0 Å². The molecule has 1 heterocycles. The van der Waals surface area contributed by atoms with Gasteiger partial charge in [-0.2, -0.15) is 0 Å². The maximum atomic E-state index is 4.14. The van der Waals surface area contributed by atoms with E-state index in [1.807, 2.05) is 7.05 Å². The first-order valence-electron chi connectivity index (χ1n) is 5.42. The molecule has 1 N–H and O–H groups in total. The summed E-state index contributed by atoms with van der Waals surface area (Å²) in [6, 6.07) is 0.636. The summed E-state index contributed by atoms with van der Waals surface area (Å²) in [5.74, 6) is 0. The molecule has 0 unspecified atom stereocenters. The van der Waals surface area contributed by atoms with E-state index in [-0.39, 0.29) is 0 Å². The minimum atomic E-state index is 0.636. The monoisotopic (exact) mass is 228 g/mol. The minimum Gasteiger partial charge on any atom is -0.377 e. The standard InChI is InChI=1S/C10H20N4S/c1-5-8(6-2)14(4)7-9-10(11-3)15-13-12-9/h8,11H,5-7H2,1-4H3. The summed E-state index contributed by atoms with van der Waals surface area (Å²) < 4.78 is 3.96. The van der Waals surface area contributed by atoms with Crippen LogP contribution in [0.25, 0.3) is 0 Å². The van der Waals surface area contributed by atoms with Gasteiger partial charge in [0, 0.05) is 31.2 Å². The second-order valence-corrected chi connectivity index (χ2v) is 4.44. The van der Waals surface area contributed by atoms with Crippen molar-refractivity contribution in [2.75, 3.05) is 19.4 Å². The zero-order valence-electron chi connectivity index (χ0n) is 9.95. The molecule has 0 radical (unpaired) electrons. The largest absolute Gasteiger partial charge is 0.377 e. The third-order valence-corrected chi connectivity index (χ3v) is 3.53. The van der Waals surface area contributed by atoms with E-state index in [4.69, 9.17) is 0 Å². The molecular weight excluding hydrogens is 208 g/mol. The van der Waals surface area contributed by atoms with Crippen LogP contribution in [0.4, 0.5) is 5.00 Å². The molecule has 86 valence electrons. The van der Waals surface area contributed by atoms with Gasteiger partial charge in [0.1, 0.15) is 10.7 Å². The summed E-state index contributed by atoms with van der Waals surface area (Å²) in [5, 5.41) is 8.34. The first-order chi connectivity index (χ1) is 7.22. The van der Waals surface area contributed by atoms with Gasteiger partial charge in [0.15, 0.2) is 0 Å². The Morgan fingerprint density at radius 1 is 1.40 bits per heavy atom. The number of nitrogens with zero attached hydrogens (tertiary/aromatic N) is 3. The second kappa shape index (κ2) is 6.02. The molecule has 0 aromatic carbocycles. The van der Waals surface area contributed by atoms with Gasteiger partial charge >= 0.3 is 0 Å². The Kier molecular flexibility index (Phi) is 4.98. The smallest absolute Gasteiger partial charge is 0.134 e. The predicted molar refractivity (Wildman–Crippen MR) is 65.3 cm³/mol. The average molecular weight is 228 g/mol. The van der Waals surface area contributed by atoms with Crippen LogP contribution in [0.3, 0.4) is 0 Å². The molecule has 0 saturated carbocycles. The van der Waals surface area contributed by atoms with Crippen molar-refractivity contribution in [1.29, 1.82) is 0 Å². The molecule has 5 heteroatoms. The Labute approximate surface area is 95.8 Å². The van der Waals surface area contributed by atoms with Crippen molar-refractivity contribution in [2.24, 2.45) is 0 Å². The van der Waals surface area contributed by atoms with E-state index in [1.54, 1.807) is 0 Å². The van der Waals surface area contributed by atoms with Gasteiger partial charge in [-0.25, -0.2) is 0 Å². The number of hydrogen-bond acceptors (Lipinski definition) is 5. The topological polar surface area (TPSA) is 41.1 Å². The fraction of sp³-hybridized carbons (Fsp3) is 0.800. The highest BCUT2D eigenvalue weighted by Crippen LogP contribution is 2.19. The fourth-order valence-corrected chi connectivity index (χ4v) is 2.30. The van der Waals surface area contributed by atoms with E-state index in [1.165, 1.54) is 24.4 Å². The number of rotatable bonds is 6. The van der Waals surface area contributed by atoms with Crippen molar-refractivity contribution in [3.05, 3.63) is 5.69 Å². The zero-order valence-corrected chi connectivity index (χ0v) is 10.8. The Bertz CT molecular complexity index is 283. The number of nitrogens with one attached hydrogen (secondary N) is 1. The first kappa shape index (κ1) is 12.4. The molecule has 0 fully saturated rings. The molecule has 0 saturated heterocycles. The third kappa shape index (κ3) is 3.14. The summed E-state index contributed by atoms with van der Waals surface area (Å²) in [4.78, 5) is 2.34. The molecule has 0 atom stereocenters. The molecule has 0 aliphatic rings. The summed E-state index contributed by atoms with van der Waals surface area (Å²) in [6.45, 7) is 5.32. The first-order valence-corrected chi connectivity index (χ1v) is 6.19. The van der Waals surface area contributed by atoms with Gasteiger partial charge in [-0.15, -0.1) is 5.10 Å². The highest BCUT2D eigenvalue weighted by Gasteiger charge is 2.14. The van der Waals surface area contributed by atoms with Crippen molar-refractivity contribution in [1.82, 2.24) is 14.5 Å². The maximum Gasteiger partial charge on any atom is 0.134 e. The van der Waals surface area contributed by atoms with Gasteiger partial charge in [-0.05, 0) is 19.9 Å². The van der Waals surface area contributed by atoms with Crippen molar-refractivity contribution < 1.29 is 0 Å². The van der Waals surface area contributed by atoms with Crippen LogP contribution in [0.1, 0.15) is 32.4 Å². The Hall–Kier alpha value is -0.680. The fourth-order valence-electron chi connectivity index (χ4n) is 1.78. The Morgan fingerprint density at radius 3 is 2.60 bits per heavy atom. The molecule has 1 aromatic heterocycles. The lowest BCUT2D eigenvalue weighted by atomic mass is 10.1. The van der Waals surface area contributed by atoms with Crippen LogP contribution in [-0.4, -0.2) is 34.6 Å². The molecule has 0 amide bonds. The lowest BCUT2D eigenvalue weighted by Crippen LogP contribution is -2.30. The normalized spacial score (nSPS) is 11.3. The number of anilines is 1. The highest BCUT2D eigenvalue weighted by molar-refractivity contribution is 7.10. The van der Waals surface area contributed by atoms with Gasteiger partial charge < -0.3 is 5.32 Å². The molecule has 0 spiro atoms.